The van der Waals surface area contributed by atoms with E-state index < -0.39 is 11.6 Å². The molecular formula is C29H25ClN2O3. The molecule has 0 amide bonds. The summed E-state index contributed by atoms with van der Waals surface area (Å²) in [6.07, 6.45) is 1.27. The van der Waals surface area contributed by atoms with Gasteiger partial charge in [-0.05, 0) is 43.8 Å². The zero-order chi connectivity index (χ0) is 24.2. The molecule has 35 heavy (non-hydrogen) atoms. The summed E-state index contributed by atoms with van der Waals surface area (Å²) >= 11 is 6.63. The van der Waals surface area contributed by atoms with Crippen LogP contribution in [0.3, 0.4) is 0 Å². The van der Waals surface area contributed by atoms with Crippen LogP contribution in [0.25, 0.3) is 10.9 Å². The summed E-state index contributed by atoms with van der Waals surface area (Å²) in [5, 5.41) is 4.66. The Morgan fingerprint density at radius 3 is 2.51 bits per heavy atom. The fraction of sp³-hybridized carbons (Fsp3) is 0.241. The minimum Gasteiger partial charge on any atom is -0.450 e. The zero-order valence-corrected chi connectivity index (χ0v) is 20.2. The van der Waals surface area contributed by atoms with Crippen LogP contribution in [0, 0.1) is 6.92 Å². The summed E-state index contributed by atoms with van der Waals surface area (Å²) in [4.78, 5) is 27.3. The number of hydrogen-bond donors (Lipinski definition) is 1. The number of fused-ring (bicyclic) bond motifs is 3. The van der Waals surface area contributed by atoms with E-state index in [2.05, 4.69) is 22.0 Å². The van der Waals surface area contributed by atoms with Gasteiger partial charge in [0.05, 0.1) is 11.1 Å². The number of hydrogen-bond acceptors (Lipinski definition) is 4. The summed E-state index contributed by atoms with van der Waals surface area (Å²) in [5.41, 5.74) is 4.20. The molecule has 3 aromatic carbocycles. The van der Waals surface area contributed by atoms with E-state index in [0.29, 0.717) is 46.7 Å². The van der Waals surface area contributed by atoms with Crippen molar-refractivity contribution in [1.29, 1.82) is 0 Å². The van der Waals surface area contributed by atoms with E-state index >= 15 is 0 Å². The van der Waals surface area contributed by atoms with E-state index in [1.807, 2.05) is 49.4 Å². The Balaban J connectivity index is 1.52. The van der Waals surface area contributed by atoms with Crippen LogP contribution in [0.4, 0.5) is 0 Å². The Morgan fingerprint density at radius 1 is 1.03 bits per heavy atom. The summed E-state index contributed by atoms with van der Waals surface area (Å²) in [6, 6.07) is 21.5. The van der Waals surface area contributed by atoms with E-state index in [1.165, 1.54) is 0 Å². The van der Waals surface area contributed by atoms with E-state index in [-0.39, 0.29) is 5.78 Å². The number of aromatic nitrogens is 1. The van der Waals surface area contributed by atoms with Crippen LogP contribution in [0.1, 0.15) is 55.9 Å². The third-order valence-corrected chi connectivity index (χ3v) is 7.71. The Morgan fingerprint density at radius 2 is 1.74 bits per heavy atom. The zero-order valence-electron chi connectivity index (χ0n) is 19.4. The van der Waals surface area contributed by atoms with Gasteiger partial charge in [-0.25, -0.2) is 4.79 Å². The van der Waals surface area contributed by atoms with Crippen LogP contribution in [0.2, 0.25) is 5.02 Å². The minimum absolute atomic E-state index is 0.179. The molecule has 1 aromatic heterocycles. The number of carbonyl (C=O) groups is 2. The highest BCUT2D eigenvalue weighted by atomic mass is 35.5. The third kappa shape index (κ3) is 3.41. The van der Waals surface area contributed by atoms with Gasteiger partial charge in [-0.15, -0.1) is 0 Å². The molecule has 0 radical (unpaired) electrons. The standard InChI is InChI=1S/C29H25ClN2O3/c1-18-24(20-9-5-6-10-23(20)32(18)17-19-7-3-2-4-8-19)27(33)21-11-12-22(30)26-25(21)28(34)35-29(26)13-15-31-16-14-29/h2-12,31H,13-17H2,1H3. The lowest BCUT2D eigenvalue weighted by atomic mass is 9.82. The smallest absolute Gasteiger partial charge is 0.340 e. The lowest BCUT2D eigenvalue weighted by Gasteiger charge is -2.33. The lowest BCUT2D eigenvalue weighted by molar-refractivity contribution is -0.0241. The van der Waals surface area contributed by atoms with Gasteiger partial charge < -0.3 is 14.6 Å². The van der Waals surface area contributed by atoms with Crippen LogP contribution in [0.15, 0.2) is 66.7 Å². The fourth-order valence-corrected chi connectivity index (χ4v) is 6.04. The first-order chi connectivity index (χ1) is 17.0. The van der Waals surface area contributed by atoms with E-state index in [1.54, 1.807) is 12.1 Å². The van der Waals surface area contributed by atoms with Crippen LogP contribution < -0.4 is 5.32 Å². The van der Waals surface area contributed by atoms with Gasteiger partial charge >= 0.3 is 5.97 Å². The average molecular weight is 485 g/mol. The first-order valence-corrected chi connectivity index (χ1v) is 12.3. The van der Waals surface area contributed by atoms with Crippen LogP contribution in [-0.2, 0) is 16.9 Å². The predicted molar refractivity (Wildman–Crippen MR) is 136 cm³/mol. The van der Waals surface area contributed by atoms with E-state index in [9.17, 15) is 9.59 Å². The second-order valence-electron chi connectivity index (χ2n) is 9.36. The predicted octanol–water partition coefficient (Wildman–Crippen LogP) is 5.63. The van der Waals surface area contributed by atoms with Crippen molar-refractivity contribution in [1.82, 2.24) is 9.88 Å². The van der Waals surface area contributed by atoms with Gasteiger partial charge in [0.1, 0.15) is 5.60 Å². The molecule has 1 saturated heterocycles. The maximum Gasteiger partial charge on any atom is 0.340 e. The highest BCUT2D eigenvalue weighted by Gasteiger charge is 2.49. The van der Waals surface area contributed by atoms with E-state index in [4.69, 9.17) is 16.3 Å². The Hall–Kier alpha value is -3.41. The van der Waals surface area contributed by atoms with Crippen molar-refractivity contribution in [2.45, 2.75) is 31.9 Å². The Labute approximate surface area is 208 Å². The Kier molecular flexibility index (Phi) is 5.28. The minimum atomic E-state index is -0.763. The molecule has 6 heteroatoms. The molecule has 2 aliphatic heterocycles. The van der Waals surface area contributed by atoms with Crippen molar-refractivity contribution in [3.63, 3.8) is 0 Å². The molecule has 2 aliphatic rings. The number of halogens is 1. The molecule has 3 heterocycles. The molecule has 1 spiro atoms. The van der Waals surface area contributed by atoms with Crippen molar-refractivity contribution in [2.75, 3.05) is 13.1 Å². The van der Waals surface area contributed by atoms with Crippen molar-refractivity contribution < 1.29 is 14.3 Å². The van der Waals surface area contributed by atoms with Gasteiger partial charge in [-0.3, -0.25) is 4.79 Å². The maximum atomic E-state index is 14.2. The number of ketones is 1. The summed E-state index contributed by atoms with van der Waals surface area (Å²) in [7, 11) is 0. The van der Waals surface area contributed by atoms with Crippen LogP contribution >= 0.6 is 11.6 Å². The van der Waals surface area contributed by atoms with Crippen molar-refractivity contribution in [3.05, 3.63) is 105 Å². The fourth-order valence-electron chi connectivity index (χ4n) is 5.71. The summed E-state index contributed by atoms with van der Waals surface area (Å²) < 4.78 is 8.12. The molecule has 5 nitrogen and oxygen atoms in total. The first kappa shape index (κ1) is 22.1. The molecular weight excluding hydrogens is 460 g/mol. The van der Waals surface area contributed by atoms with Gasteiger partial charge in [-0.2, -0.15) is 0 Å². The number of rotatable bonds is 4. The van der Waals surface area contributed by atoms with Gasteiger partial charge in [-0.1, -0.05) is 60.1 Å². The second-order valence-corrected chi connectivity index (χ2v) is 9.76. The molecule has 0 bridgehead atoms. The molecule has 0 aliphatic carbocycles. The summed E-state index contributed by atoms with van der Waals surface area (Å²) in [5.74, 6) is -0.639. The van der Waals surface area contributed by atoms with Gasteiger partial charge in [0.25, 0.3) is 0 Å². The average Bonchev–Trinajstić information content (AvgIpc) is 3.31. The molecule has 0 atom stereocenters. The van der Waals surface area contributed by atoms with Crippen molar-refractivity contribution >= 4 is 34.3 Å². The number of nitrogens with zero attached hydrogens (tertiary/aromatic N) is 1. The number of para-hydroxylation sites is 1. The second kappa shape index (κ2) is 8.36. The lowest BCUT2D eigenvalue weighted by Crippen LogP contribution is -2.40. The first-order valence-electron chi connectivity index (χ1n) is 11.9. The quantitative estimate of drug-likeness (QED) is 0.301. The van der Waals surface area contributed by atoms with Gasteiger partial charge in [0.2, 0.25) is 0 Å². The van der Waals surface area contributed by atoms with Gasteiger partial charge in [0.15, 0.2) is 5.78 Å². The number of piperidine rings is 1. The van der Waals surface area contributed by atoms with Gasteiger partial charge in [0, 0.05) is 52.1 Å². The normalized spacial score (nSPS) is 16.5. The van der Waals surface area contributed by atoms with Crippen molar-refractivity contribution in [2.24, 2.45) is 0 Å². The number of ether oxygens (including phenoxy) is 1. The molecule has 1 N–H and O–H groups in total. The maximum absolute atomic E-state index is 14.2. The van der Waals surface area contributed by atoms with Crippen LogP contribution in [0.5, 0.6) is 0 Å². The number of esters is 1. The summed E-state index contributed by atoms with van der Waals surface area (Å²) in [6.45, 7) is 4.08. The molecule has 6 rings (SSSR count). The Bertz CT molecular complexity index is 1480. The highest BCUT2D eigenvalue weighted by Crippen LogP contribution is 2.47. The molecule has 0 saturated carbocycles. The largest absolute Gasteiger partial charge is 0.450 e. The molecule has 176 valence electrons. The number of benzene rings is 3. The molecule has 0 unspecified atom stereocenters. The molecule has 1 fully saturated rings. The monoisotopic (exact) mass is 484 g/mol. The highest BCUT2D eigenvalue weighted by molar-refractivity contribution is 6.33. The number of carbonyl (C=O) groups excluding carboxylic acids is 2. The number of nitrogens with one attached hydrogen (secondary N) is 1. The van der Waals surface area contributed by atoms with Crippen LogP contribution in [-0.4, -0.2) is 29.4 Å². The SMILES string of the molecule is Cc1c(C(=O)c2ccc(Cl)c3c2C(=O)OC32CCNCC2)c2ccccc2n1Cc1ccccc1. The molecule has 4 aromatic rings. The third-order valence-electron chi connectivity index (χ3n) is 7.40. The van der Waals surface area contributed by atoms with E-state index in [0.717, 1.165) is 35.2 Å². The topological polar surface area (TPSA) is 60.3 Å². The van der Waals surface area contributed by atoms with Crippen molar-refractivity contribution in [3.8, 4) is 0 Å².